The first-order valence-electron chi connectivity index (χ1n) is 6.03. The van der Waals surface area contributed by atoms with Crippen molar-refractivity contribution < 1.29 is 13.2 Å². The van der Waals surface area contributed by atoms with Crippen molar-refractivity contribution in [3.05, 3.63) is 42.0 Å². The van der Waals surface area contributed by atoms with Gasteiger partial charge in [-0.15, -0.1) is 0 Å². The van der Waals surface area contributed by atoms with Crippen LogP contribution in [-0.2, 0) is 0 Å². The van der Waals surface area contributed by atoms with Gasteiger partial charge in [0.05, 0.1) is 0 Å². The van der Waals surface area contributed by atoms with Gasteiger partial charge in [-0.05, 0) is 18.7 Å². The maximum Gasteiger partial charge on any atom is 0.407 e. The summed E-state index contributed by atoms with van der Waals surface area (Å²) in [7, 11) is 0. The minimum atomic E-state index is -4.24. The molecule has 0 saturated heterocycles. The van der Waals surface area contributed by atoms with Crippen LogP contribution in [0.4, 0.5) is 13.2 Å². The minimum Gasteiger partial charge on any atom is -0.290 e. The normalized spacial score (nSPS) is 14.3. The molecule has 0 fully saturated rings. The molecule has 0 amide bonds. The lowest BCUT2D eigenvalue weighted by molar-refractivity contribution is -0.169. The Kier molecular flexibility index (Phi) is 5.41. The van der Waals surface area contributed by atoms with E-state index >= 15 is 0 Å². The summed E-state index contributed by atoms with van der Waals surface area (Å²) in [4.78, 5) is 1.39. The molecule has 0 N–H and O–H groups in total. The molecule has 1 aromatic carbocycles. The van der Waals surface area contributed by atoms with Crippen LogP contribution < -0.4 is 0 Å². The fraction of sp³-hybridized carbons (Fsp3) is 0.429. The summed E-state index contributed by atoms with van der Waals surface area (Å²) in [6, 6.07) is 7.49. The van der Waals surface area contributed by atoms with Crippen molar-refractivity contribution in [2.45, 2.75) is 26.1 Å². The molecule has 4 heteroatoms. The molecule has 0 heterocycles. The Balaban J connectivity index is 2.89. The van der Waals surface area contributed by atoms with Gasteiger partial charge in [-0.3, -0.25) is 4.90 Å². The van der Waals surface area contributed by atoms with E-state index in [-0.39, 0.29) is 0 Å². The summed E-state index contributed by atoms with van der Waals surface area (Å²) >= 11 is 0. The third-order valence-corrected chi connectivity index (χ3v) is 2.81. The molecule has 0 aromatic heterocycles. The summed E-state index contributed by atoms with van der Waals surface area (Å²) in [5.41, 5.74) is 0.777. The highest BCUT2D eigenvalue weighted by Gasteiger charge is 2.40. The summed E-state index contributed by atoms with van der Waals surface area (Å²) < 4.78 is 38.9. The van der Waals surface area contributed by atoms with Crippen molar-refractivity contribution in [1.82, 2.24) is 4.90 Å². The van der Waals surface area contributed by atoms with Gasteiger partial charge in [0.2, 0.25) is 0 Å². The SMILES string of the molecule is CCN(CC)C(/C=C/c1ccccc1)C(F)(F)F. The zero-order valence-corrected chi connectivity index (χ0v) is 10.6. The van der Waals surface area contributed by atoms with Gasteiger partial charge < -0.3 is 0 Å². The largest absolute Gasteiger partial charge is 0.407 e. The molecule has 0 spiro atoms. The number of alkyl halides is 3. The van der Waals surface area contributed by atoms with Crippen LogP contribution in [0.2, 0.25) is 0 Å². The zero-order chi connectivity index (χ0) is 13.6. The highest BCUT2D eigenvalue weighted by molar-refractivity contribution is 5.49. The molecule has 0 bridgehead atoms. The maximum atomic E-state index is 13.0. The van der Waals surface area contributed by atoms with Crippen molar-refractivity contribution in [3.63, 3.8) is 0 Å². The Morgan fingerprint density at radius 1 is 1.11 bits per heavy atom. The van der Waals surface area contributed by atoms with E-state index in [0.717, 1.165) is 5.56 Å². The van der Waals surface area contributed by atoms with E-state index in [1.54, 1.807) is 38.1 Å². The van der Waals surface area contributed by atoms with Crippen LogP contribution in [0.3, 0.4) is 0 Å². The van der Waals surface area contributed by atoms with Crippen LogP contribution in [0.5, 0.6) is 0 Å². The van der Waals surface area contributed by atoms with Gasteiger partial charge in [-0.25, -0.2) is 0 Å². The van der Waals surface area contributed by atoms with Crippen LogP contribution in [0.1, 0.15) is 19.4 Å². The zero-order valence-electron chi connectivity index (χ0n) is 10.6. The Labute approximate surface area is 106 Å². The van der Waals surface area contributed by atoms with Gasteiger partial charge in [0.25, 0.3) is 0 Å². The fourth-order valence-electron chi connectivity index (χ4n) is 1.82. The number of benzene rings is 1. The number of hydrogen-bond donors (Lipinski definition) is 0. The first-order valence-corrected chi connectivity index (χ1v) is 6.03. The smallest absolute Gasteiger partial charge is 0.290 e. The Morgan fingerprint density at radius 2 is 1.67 bits per heavy atom. The second-order valence-electron chi connectivity index (χ2n) is 3.98. The number of rotatable bonds is 5. The van der Waals surface area contributed by atoms with Gasteiger partial charge in [-0.1, -0.05) is 56.3 Å². The number of nitrogens with zero attached hydrogens (tertiary/aromatic N) is 1. The van der Waals surface area contributed by atoms with E-state index < -0.39 is 12.2 Å². The van der Waals surface area contributed by atoms with E-state index in [1.165, 1.54) is 17.1 Å². The quantitative estimate of drug-likeness (QED) is 0.771. The molecular formula is C14H18F3N. The molecule has 1 unspecified atom stereocenters. The van der Waals surface area contributed by atoms with Crippen molar-refractivity contribution in [3.8, 4) is 0 Å². The van der Waals surface area contributed by atoms with Crippen molar-refractivity contribution >= 4 is 6.08 Å². The monoisotopic (exact) mass is 257 g/mol. The predicted octanol–water partition coefficient (Wildman–Crippen LogP) is 3.97. The average Bonchev–Trinajstić information content (AvgIpc) is 2.34. The van der Waals surface area contributed by atoms with Gasteiger partial charge in [0.1, 0.15) is 6.04 Å². The van der Waals surface area contributed by atoms with E-state index in [9.17, 15) is 13.2 Å². The van der Waals surface area contributed by atoms with Gasteiger partial charge in [-0.2, -0.15) is 13.2 Å². The van der Waals surface area contributed by atoms with Crippen LogP contribution in [0.15, 0.2) is 36.4 Å². The minimum absolute atomic E-state index is 0.375. The Morgan fingerprint density at radius 3 is 2.11 bits per heavy atom. The number of halogens is 3. The number of hydrogen-bond acceptors (Lipinski definition) is 1. The molecular weight excluding hydrogens is 239 g/mol. The van der Waals surface area contributed by atoms with E-state index in [2.05, 4.69) is 0 Å². The van der Waals surface area contributed by atoms with Gasteiger partial charge >= 0.3 is 6.18 Å². The van der Waals surface area contributed by atoms with Crippen LogP contribution in [-0.4, -0.2) is 30.2 Å². The molecule has 0 saturated carbocycles. The highest BCUT2D eigenvalue weighted by atomic mass is 19.4. The van der Waals surface area contributed by atoms with E-state index in [1.807, 2.05) is 6.07 Å². The summed E-state index contributed by atoms with van der Waals surface area (Å²) in [6.45, 7) is 4.22. The molecule has 100 valence electrons. The molecule has 1 rings (SSSR count). The summed E-state index contributed by atoms with van der Waals surface area (Å²) in [5, 5.41) is 0. The van der Waals surface area contributed by atoms with E-state index in [4.69, 9.17) is 0 Å². The topological polar surface area (TPSA) is 3.24 Å². The second kappa shape index (κ2) is 6.59. The van der Waals surface area contributed by atoms with Crippen LogP contribution >= 0.6 is 0 Å². The third-order valence-electron chi connectivity index (χ3n) is 2.81. The fourth-order valence-corrected chi connectivity index (χ4v) is 1.82. The standard InChI is InChI=1S/C14H18F3N/c1-3-18(4-2)13(14(15,16)17)11-10-12-8-6-5-7-9-12/h5-11,13H,3-4H2,1-2H3/b11-10+. The van der Waals surface area contributed by atoms with Crippen LogP contribution in [0.25, 0.3) is 6.08 Å². The Hall–Kier alpha value is -1.29. The molecule has 0 aliphatic rings. The number of likely N-dealkylation sites (N-methyl/N-ethyl adjacent to an activating group) is 1. The van der Waals surface area contributed by atoms with Crippen molar-refractivity contribution in [2.24, 2.45) is 0 Å². The predicted molar refractivity (Wildman–Crippen MR) is 68.2 cm³/mol. The van der Waals surface area contributed by atoms with E-state index in [0.29, 0.717) is 13.1 Å². The molecule has 18 heavy (non-hydrogen) atoms. The summed E-state index contributed by atoms with van der Waals surface area (Å²) in [5.74, 6) is 0. The molecule has 0 radical (unpaired) electrons. The molecule has 0 aliphatic heterocycles. The Bertz CT molecular complexity index is 366. The van der Waals surface area contributed by atoms with Crippen LogP contribution in [0, 0.1) is 0 Å². The van der Waals surface area contributed by atoms with Crippen molar-refractivity contribution in [2.75, 3.05) is 13.1 Å². The maximum absolute atomic E-state index is 13.0. The van der Waals surface area contributed by atoms with Gasteiger partial charge in [0.15, 0.2) is 0 Å². The average molecular weight is 257 g/mol. The molecule has 1 atom stereocenters. The first-order chi connectivity index (χ1) is 8.49. The molecule has 0 aliphatic carbocycles. The van der Waals surface area contributed by atoms with Crippen molar-refractivity contribution in [1.29, 1.82) is 0 Å². The highest BCUT2D eigenvalue weighted by Crippen LogP contribution is 2.26. The lowest BCUT2D eigenvalue weighted by atomic mass is 10.1. The van der Waals surface area contributed by atoms with Gasteiger partial charge in [0, 0.05) is 0 Å². The lowest BCUT2D eigenvalue weighted by Gasteiger charge is -2.28. The molecule has 1 aromatic rings. The first kappa shape index (κ1) is 14.8. The second-order valence-corrected chi connectivity index (χ2v) is 3.98. The lowest BCUT2D eigenvalue weighted by Crippen LogP contribution is -2.44. The molecule has 1 nitrogen and oxygen atoms in total. The summed E-state index contributed by atoms with van der Waals surface area (Å²) in [6.07, 6.45) is -1.49. The third kappa shape index (κ3) is 4.18.